The molecule has 0 saturated carbocycles. The van der Waals surface area contributed by atoms with Crippen molar-refractivity contribution in [3.8, 4) is 0 Å². The topological polar surface area (TPSA) is 103 Å². The summed E-state index contributed by atoms with van der Waals surface area (Å²) in [4.78, 5) is 42.4. The molecule has 188 valence electrons. The van der Waals surface area contributed by atoms with Gasteiger partial charge in [-0.3, -0.25) is 18.7 Å². The van der Waals surface area contributed by atoms with Gasteiger partial charge < -0.3 is 9.84 Å². The number of aromatic nitrogens is 2. The lowest BCUT2D eigenvalue weighted by Crippen LogP contribution is -2.48. The number of carbonyl (C=O) groups is 1. The van der Waals surface area contributed by atoms with Crippen LogP contribution in [0.15, 0.2) is 67.6 Å². The first-order valence-electron chi connectivity index (χ1n) is 11.8. The first kappa shape index (κ1) is 25.6. The number of aliphatic imine (C=N–C) groups is 1. The largest absolute Gasteiger partial charge is 0.476 e. The number of ether oxygens (including phenoxy) is 1. The summed E-state index contributed by atoms with van der Waals surface area (Å²) in [6, 6.07) is 7.45. The maximum absolute atomic E-state index is 13.4. The second kappa shape index (κ2) is 10.3. The molecule has 0 radical (unpaired) electrons. The number of fused-ring (bicyclic) bond motifs is 3. The van der Waals surface area contributed by atoms with Gasteiger partial charge in [0.2, 0.25) is 0 Å². The Labute approximate surface area is 213 Å². The number of nitrogens with zero attached hydrogens (tertiary/aromatic N) is 3. The fraction of sp³-hybridized carbons (Fsp3) is 0.370. The molecule has 1 unspecified atom stereocenters. The lowest BCUT2D eigenvalue weighted by atomic mass is 9.70. The van der Waals surface area contributed by atoms with Crippen molar-refractivity contribution in [1.29, 1.82) is 0 Å². The van der Waals surface area contributed by atoms with Gasteiger partial charge in [-0.15, -0.1) is 0 Å². The van der Waals surface area contributed by atoms with E-state index in [4.69, 9.17) is 16.3 Å². The average molecular weight is 510 g/mol. The fourth-order valence-electron chi connectivity index (χ4n) is 5.03. The number of amides is 1. The summed E-state index contributed by atoms with van der Waals surface area (Å²) < 4.78 is 8.42. The van der Waals surface area contributed by atoms with Crippen LogP contribution < -0.4 is 11.2 Å². The van der Waals surface area contributed by atoms with Gasteiger partial charge in [-0.25, -0.2) is 9.79 Å². The minimum atomic E-state index is -0.869. The summed E-state index contributed by atoms with van der Waals surface area (Å²) >= 11 is 6.07. The van der Waals surface area contributed by atoms with E-state index in [0.717, 1.165) is 21.3 Å². The highest BCUT2D eigenvalue weighted by molar-refractivity contribution is 6.30. The van der Waals surface area contributed by atoms with E-state index in [2.05, 4.69) is 10.7 Å². The zero-order valence-electron chi connectivity index (χ0n) is 20.5. The van der Waals surface area contributed by atoms with E-state index in [9.17, 15) is 19.5 Å². The van der Waals surface area contributed by atoms with Crippen LogP contribution in [0.5, 0.6) is 0 Å². The molecule has 1 heterocycles. The number of halogens is 1. The van der Waals surface area contributed by atoms with Crippen molar-refractivity contribution in [3.63, 3.8) is 0 Å². The van der Waals surface area contributed by atoms with Crippen LogP contribution in [-0.4, -0.2) is 39.6 Å². The van der Waals surface area contributed by atoms with Crippen molar-refractivity contribution in [3.05, 3.63) is 95.7 Å². The predicted molar refractivity (Wildman–Crippen MR) is 138 cm³/mol. The molecule has 2 aromatic rings. The number of hydrogen-bond donors (Lipinski definition) is 1. The van der Waals surface area contributed by atoms with Gasteiger partial charge in [0, 0.05) is 41.5 Å². The Morgan fingerprint density at radius 1 is 1.31 bits per heavy atom. The van der Waals surface area contributed by atoms with Crippen molar-refractivity contribution >= 4 is 23.7 Å². The van der Waals surface area contributed by atoms with Crippen molar-refractivity contribution < 1.29 is 14.6 Å². The minimum absolute atomic E-state index is 0.0819. The molecule has 0 spiro atoms. The molecular weight excluding hydrogens is 482 g/mol. The van der Waals surface area contributed by atoms with Crippen LogP contribution in [0, 0.1) is 0 Å². The second-order valence-electron chi connectivity index (χ2n) is 9.03. The SMILES string of the molecule is CCC=NC(=O)COC1=C=CC2(C)C1=C(Cc1ccc(Cl)cc1)Cc1c2n(C)c(=O)n(CCO)c1=O. The average Bonchev–Trinajstić information content (AvgIpc) is 3.21. The maximum atomic E-state index is 13.4. The van der Waals surface area contributed by atoms with Crippen LogP contribution in [0.1, 0.15) is 37.1 Å². The highest BCUT2D eigenvalue weighted by Crippen LogP contribution is 2.47. The van der Waals surface area contributed by atoms with Gasteiger partial charge in [-0.1, -0.05) is 42.0 Å². The lowest BCUT2D eigenvalue weighted by Gasteiger charge is -2.36. The van der Waals surface area contributed by atoms with Gasteiger partial charge in [-0.05, 0) is 43.5 Å². The number of rotatable bonds is 8. The van der Waals surface area contributed by atoms with Crippen LogP contribution in [0.2, 0.25) is 5.02 Å². The Balaban J connectivity index is 1.84. The Kier molecular flexibility index (Phi) is 7.31. The predicted octanol–water partition coefficient (Wildman–Crippen LogP) is 2.62. The Bertz CT molecular complexity index is 1460. The summed E-state index contributed by atoms with van der Waals surface area (Å²) in [7, 11) is 1.62. The number of hydrogen-bond acceptors (Lipinski definition) is 5. The van der Waals surface area contributed by atoms with E-state index in [1.165, 1.54) is 10.8 Å². The molecule has 1 N–H and O–H groups in total. The maximum Gasteiger partial charge on any atom is 0.331 e. The summed E-state index contributed by atoms with van der Waals surface area (Å²) in [5.74, 6) is -0.00532. The summed E-state index contributed by atoms with van der Waals surface area (Å²) in [5.41, 5.74) is 5.10. The normalized spacial score (nSPS) is 18.4. The quantitative estimate of drug-likeness (QED) is 0.435. The molecule has 0 aliphatic heterocycles. The third-order valence-electron chi connectivity index (χ3n) is 6.53. The molecule has 1 atom stereocenters. The van der Waals surface area contributed by atoms with Crippen molar-refractivity contribution in [2.45, 2.75) is 45.1 Å². The lowest BCUT2D eigenvalue weighted by molar-refractivity contribution is -0.120. The highest BCUT2D eigenvalue weighted by Gasteiger charge is 2.45. The molecule has 1 aromatic carbocycles. The number of carbonyl (C=O) groups excluding carboxylic acids is 1. The molecule has 4 rings (SSSR count). The zero-order valence-corrected chi connectivity index (χ0v) is 21.3. The molecule has 9 heteroatoms. The Morgan fingerprint density at radius 3 is 2.69 bits per heavy atom. The molecule has 1 aromatic heterocycles. The van der Waals surface area contributed by atoms with E-state index in [1.54, 1.807) is 25.3 Å². The Morgan fingerprint density at radius 2 is 2.03 bits per heavy atom. The van der Waals surface area contributed by atoms with Crippen molar-refractivity contribution in [2.24, 2.45) is 12.0 Å². The monoisotopic (exact) mass is 509 g/mol. The van der Waals surface area contributed by atoms with Gasteiger partial charge >= 0.3 is 5.69 Å². The van der Waals surface area contributed by atoms with E-state index >= 15 is 0 Å². The molecule has 0 saturated heterocycles. The van der Waals surface area contributed by atoms with Crippen LogP contribution in [0.3, 0.4) is 0 Å². The highest BCUT2D eigenvalue weighted by atomic mass is 35.5. The van der Waals surface area contributed by atoms with Crippen LogP contribution >= 0.6 is 11.6 Å². The van der Waals surface area contributed by atoms with E-state index in [-0.39, 0.29) is 26.2 Å². The smallest absolute Gasteiger partial charge is 0.331 e. The number of benzene rings is 1. The van der Waals surface area contributed by atoms with Gasteiger partial charge in [0.15, 0.2) is 12.4 Å². The van der Waals surface area contributed by atoms with Crippen LogP contribution in [-0.2, 0) is 41.4 Å². The van der Waals surface area contributed by atoms with Gasteiger partial charge in [0.1, 0.15) is 0 Å². The summed E-state index contributed by atoms with van der Waals surface area (Å²) in [5, 5.41) is 10.0. The standard InChI is InChI=1S/C27H28ClN3O5/c1-4-11-29-22(33)16-36-21-9-10-27(2)23(21)18(14-17-5-7-19(28)8-6-17)15-20-24(27)30(3)26(35)31(12-13-32)25(20)34/h5-8,10-11,32H,4,12-16H2,1-3H3. The molecule has 36 heavy (non-hydrogen) atoms. The van der Waals surface area contributed by atoms with Crippen LogP contribution in [0.25, 0.3) is 0 Å². The summed E-state index contributed by atoms with van der Waals surface area (Å²) in [6.45, 7) is 3.15. The molecular formula is C27H28ClN3O5. The van der Waals surface area contributed by atoms with Gasteiger partial charge in [-0.2, -0.15) is 0 Å². The van der Waals surface area contributed by atoms with Crippen LogP contribution in [0.4, 0.5) is 0 Å². The van der Waals surface area contributed by atoms with E-state index in [1.807, 2.05) is 26.0 Å². The van der Waals surface area contributed by atoms with Crippen molar-refractivity contribution in [2.75, 3.05) is 13.2 Å². The third kappa shape index (κ3) is 4.55. The molecule has 2 aliphatic rings. The van der Waals surface area contributed by atoms with E-state index < -0.39 is 22.6 Å². The zero-order chi connectivity index (χ0) is 26.0. The molecule has 0 fully saturated rings. The summed E-state index contributed by atoms with van der Waals surface area (Å²) in [6.07, 6.45) is 4.75. The minimum Gasteiger partial charge on any atom is -0.476 e. The molecule has 0 bridgehead atoms. The molecule has 8 nitrogen and oxygen atoms in total. The molecule has 1 amide bonds. The molecule has 2 aliphatic carbocycles. The van der Waals surface area contributed by atoms with Gasteiger partial charge in [0.25, 0.3) is 11.5 Å². The number of allylic oxidation sites excluding steroid dienone is 2. The first-order valence-corrected chi connectivity index (χ1v) is 12.2. The second-order valence-corrected chi connectivity index (χ2v) is 9.47. The number of aliphatic hydroxyl groups is 1. The third-order valence-corrected chi connectivity index (χ3v) is 6.78. The van der Waals surface area contributed by atoms with Crippen molar-refractivity contribution in [1.82, 2.24) is 9.13 Å². The Hall–Kier alpha value is -3.45. The van der Waals surface area contributed by atoms with Gasteiger partial charge in [0.05, 0.1) is 18.6 Å². The number of aliphatic hydroxyl groups excluding tert-OH is 1. The van der Waals surface area contributed by atoms with E-state index in [0.29, 0.717) is 34.9 Å². The fourth-order valence-corrected chi connectivity index (χ4v) is 5.16. The first-order chi connectivity index (χ1) is 17.2.